The van der Waals surface area contributed by atoms with Gasteiger partial charge in [0.25, 0.3) is 5.91 Å². The standard InChI is InChI=1S/C16H16Cl2F4N2O2/c1-7-12(25)24(8-5-9(17)11(19)10(18)6-8)13(15(2,3)4)23(7)14(26)16(20,21)22/h5-7,13H,1-4H3. The number of hydrogen-bond donors (Lipinski definition) is 0. The van der Waals surface area contributed by atoms with Gasteiger partial charge < -0.3 is 4.90 Å². The van der Waals surface area contributed by atoms with Gasteiger partial charge in [0.15, 0.2) is 5.82 Å². The summed E-state index contributed by atoms with van der Waals surface area (Å²) in [4.78, 5) is 26.2. The molecule has 1 aliphatic heterocycles. The molecule has 0 saturated carbocycles. The van der Waals surface area contributed by atoms with E-state index < -0.39 is 41.4 Å². The number of carbonyl (C=O) groups is 2. The lowest BCUT2D eigenvalue weighted by Gasteiger charge is -2.40. The molecule has 0 spiro atoms. The molecule has 0 aromatic heterocycles. The van der Waals surface area contributed by atoms with Gasteiger partial charge in [-0.2, -0.15) is 13.2 Å². The highest BCUT2D eigenvalue weighted by Crippen LogP contribution is 2.41. The smallest absolute Gasteiger partial charge is 0.302 e. The van der Waals surface area contributed by atoms with E-state index in [9.17, 15) is 27.2 Å². The van der Waals surface area contributed by atoms with Gasteiger partial charge in [-0.3, -0.25) is 14.5 Å². The van der Waals surface area contributed by atoms with Crippen molar-refractivity contribution in [2.24, 2.45) is 5.41 Å². The number of halogens is 6. The Morgan fingerprint density at radius 2 is 1.58 bits per heavy atom. The molecule has 0 bridgehead atoms. The van der Waals surface area contributed by atoms with Crippen LogP contribution in [0.3, 0.4) is 0 Å². The van der Waals surface area contributed by atoms with E-state index in [0.717, 1.165) is 17.0 Å². The number of hydrogen-bond acceptors (Lipinski definition) is 2. The van der Waals surface area contributed by atoms with Gasteiger partial charge >= 0.3 is 12.1 Å². The Bertz CT molecular complexity index is 739. The van der Waals surface area contributed by atoms with Crippen LogP contribution in [0.4, 0.5) is 23.2 Å². The second-order valence-electron chi connectivity index (χ2n) is 7.06. The highest BCUT2D eigenvalue weighted by Gasteiger charge is 2.57. The zero-order valence-corrected chi connectivity index (χ0v) is 15.8. The van der Waals surface area contributed by atoms with Crippen molar-refractivity contribution >= 4 is 40.7 Å². The molecule has 2 amide bonds. The number of anilines is 1. The Morgan fingerprint density at radius 1 is 1.12 bits per heavy atom. The predicted octanol–water partition coefficient (Wildman–Crippen LogP) is 4.63. The van der Waals surface area contributed by atoms with Crippen LogP contribution in [0, 0.1) is 11.2 Å². The summed E-state index contributed by atoms with van der Waals surface area (Å²) in [5, 5.41) is -0.776. The first-order valence-electron chi connectivity index (χ1n) is 7.55. The molecule has 2 rings (SSSR count). The van der Waals surface area contributed by atoms with Crippen LogP contribution in [0.15, 0.2) is 12.1 Å². The number of alkyl halides is 3. The third-order valence-electron chi connectivity index (χ3n) is 4.02. The van der Waals surface area contributed by atoms with E-state index in [1.54, 1.807) is 20.8 Å². The van der Waals surface area contributed by atoms with Crippen molar-refractivity contribution in [3.05, 3.63) is 28.0 Å². The number of nitrogens with zero attached hydrogens (tertiary/aromatic N) is 2. The Hall–Kier alpha value is -1.54. The molecule has 2 unspecified atom stereocenters. The van der Waals surface area contributed by atoms with Crippen LogP contribution in [-0.2, 0) is 9.59 Å². The molecule has 1 heterocycles. The number of benzene rings is 1. The summed E-state index contributed by atoms with van der Waals surface area (Å²) in [6.07, 6.45) is -6.41. The van der Waals surface area contributed by atoms with Gasteiger partial charge in [-0.25, -0.2) is 4.39 Å². The Kier molecular flexibility index (Phi) is 5.24. The first-order valence-corrected chi connectivity index (χ1v) is 8.30. The summed E-state index contributed by atoms with van der Waals surface area (Å²) in [6.45, 7) is 5.95. The van der Waals surface area contributed by atoms with Crippen molar-refractivity contribution < 1.29 is 27.2 Å². The molecular weight excluding hydrogens is 399 g/mol. The van der Waals surface area contributed by atoms with Crippen molar-refractivity contribution in [2.75, 3.05) is 4.90 Å². The SMILES string of the molecule is CC1C(=O)N(c2cc(Cl)c(F)c(Cl)c2)C(C(C)(C)C)N1C(=O)C(F)(F)F. The average Bonchev–Trinajstić information content (AvgIpc) is 2.75. The van der Waals surface area contributed by atoms with Crippen molar-refractivity contribution in [3.63, 3.8) is 0 Å². The lowest BCUT2D eigenvalue weighted by Crippen LogP contribution is -2.55. The van der Waals surface area contributed by atoms with Gasteiger partial charge in [-0.05, 0) is 19.1 Å². The van der Waals surface area contributed by atoms with E-state index in [2.05, 4.69) is 0 Å². The van der Waals surface area contributed by atoms with Crippen LogP contribution in [0.2, 0.25) is 10.0 Å². The third kappa shape index (κ3) is 3.49. The molecule has 2 atom stereocenters. The van der Waals surface area contributed by atoms with E-state index >= 15 is 0 Å². The Morgan fingerprint density at radius 3 is 1.96 bits per heavy atom. The average molecular weight is 415 g/mol. The summed E-state index contributed by atoms with van der Waals surface area (Å²) in [5.41, 5.74) is -0.940. The van der Waals surface area contributed by atoms with Gasteiger partial charge in [-0.15, -0.1) is 0 Å². The molecule has 1 aromatic rings. The van der Waals surface area contributed by atoms with Crippen molar-refractivity contribution in [1.82, 2.24) is 4.90 Å². The minimum atomic E-state index is -5.15. The van der Waals surface area contributed by atoms with Crippen LogP contribution in [0.5, 0.6) is 0 Å². The molecule has 0 radical (unpaired) electrons. The summed E-state index contributed by atoms with van der Waals surface area (Å²) in [7, 11) is 0. The monoisotopic (exact) mass is 414 g/mol. The predicted molar refractivity (Wildman–Crippen MR) is 89.5 cm³/mol. The van der Waals surface area contributed by atoms with Gasteiger partial charge in [0, 0.05) is 11.1 Å². The molecular formula is C16H16Cl2F4N2O2. The van der Waals surface area contributed by atoms with Crippen LogP contribution < -0.4 is 4.90 Å². The number of amides is 2. The van der Waals surface area contributed by atoms with Gasteiger partial charge in [0.2, 0.25) is 0 Å². The van der Waals surface area contributed by atoms with E-state index in [0.29, 0.717) is 4.90 Å². The van der Waals surface area contributed by atoms with E-state index in [1.807, 2.05) is 0 Å². The molecule has 144 valence electrons. The second kappa shape index (κ2) is 6.56. The third-order valence-corrected chi connectivity index (χ3v) is 4.57. The molecule has 1 aliphatic rings. The molecule has 26 heavy (non-hydrogen) atoms. The van der Waals surface area contributed by atoms with E-state index in [1.165, 1.54) is 6.92 Å². The molecule has 1 saturated heterocycles. The summed E-state index contributed by atoms with van der Waals surface area (Å²) >= 11 is 11.5. The zero-order chi connectivity index (χ0) is 20.2. The zero-order valence-electron chi connectivity index (χ0n) is 14.3. The fourth-order valence-electron chi connectivity index (χ4n) is 2.96. The number of rotatable bonds is 1. The minimum absolute atomic E-state index is 0.00986. The van der Waals surface area contributed by atoms with Crippen LogP contribution in [-0.4, -0.2) is 35.1 Å². The summed E-state index contributed by atoms with van der Waals surface area (Å²) < 4.78 is 52.9. The topological polar surface area (TPSA) is 40.6 Å². The van der Waals surface area contributed by atoms with Gasteiger partial charge in [-0.1, -0.05) is 44.0 Å². The van der Waals surface area contributed by atoms with Crippen molar-refractivity contribution in [1.29, 1.82) is 0 Å². The second-order valence-corrected chi connectivity index (χ2v) is 7.87. The van der Waals surface area contributed by atoms with Gasteiger partial charge in [0.05, 0.1) is 10.0 Å². The highest BCUT2D eigenvalue weighted by molar-refractivity contribution is 6.35. The number of carbonyl (C=O) groups excluding carboxylic acids is 2. The molecule has 1 fully saturated rings. The summed E-state index contributed by atoms with van der Waals surface area (Å²) in [5.74, 6) is -3.78. The first-order chi connectivity index (χ1) is 11.7. The largest absolute Gasteiger partial charge is 0.471 e. The quantitative estimate of drug-likeness (QED) is 0.496. The van der Waals surface area contributed by atoms with Gasteiger partial charge in [0.1, 0.15) is 12.2 Å². The molecule has 0 N–H and O–H groups in total. The maximum atomic E-state index is 13.7. The lowest BCUT2D eigenvalue weighted by atomic mass is 9.90. The molecule has 4 nitrogen and oxygen atoms in total. The van der Waals surface area contributed by atoms with E-state index in [4.69, 9.17) is 23.2 Å². The van der Waals surface area contributed by atoms with Crippen LogP contribution >= 0.6 is 23.2 Å². The fraction of sp³-hybridized carbons (Fsp3) is 0.500. The maximum absolute atomic E-state index is 13.7. The molecule has 1 aromatic carbocycles. The molecule has 10 heteroatoms. The van der Waals surface area contributed by atoms with E-state index in [-0.39, 0.29) is 15.7 Å². The lowest BCUT2D eigenvalue weighted by molar-refractivity contribution is -0.190. The van der Waals surface area contributed by atoms with Crippen molar-refractivity contribution in [3.8, 4) is 0 Å². The molecule has 0 aliphatic carbocycles. The van der Waals surface area contributed by atoms with Crippen LogP contribution in [0.1, 0.15) is 27.7 Å². The Balaban J connectivity index is 2.65. The normalized spacial score (nSPS) is 21.5. The minimum Gasteiger partial charge on any atom is -0.302 e. The van der Waals surface area contributed by atoms with Crippen molar-refractivity contribution in [2.45, 2.75) is 46.1 Å². The summed E-state index contributed by atoms with van der Waals surface area (Å²) in [6, 6.07) is 0.817. The Labute approximate surface area is 157 Å². The highest BCUT2D eigenvalue weighted by atomic mass is 35.5. The first kappa shape index (κ1) is 20.8. The maximum Gasteiger partial charge on any atom is 0.471 e. The fourth-order valence-corrected chi connectivity index (χ4v) is 3.44. The van der Waals surface area contributed by atoms with Crippen LogP contribution in [0.25, 0.3) is 0 Å².